The largest absolute Gasteiger partial charge is 0.462 e. The maximum Gasteiger partial charge on any atom is 0.329 e. The lowest BCUT2D eigenvalue weighted by atomic mass is 10.1. The fourth-order valence-electron chi connectivity index (χ4n) is 6.92. The summed E-state index contributed by atoms with van der Waals surface area (Å²) in [5.41, 5.74) is 2.22. The number of ether oxygens (including phenoxy) is 2. The van der Waals surface area contributed by atoms with Crippen molar-refractivity contribution in [3.8, 4) is 0 Å². The van der Waals surface area contributed by atoms with Gasteiger partial charge in [0.15, 0.2) is 6.10 Å². The number of hydrogen-bond acceptors (Lipinski definition) is 7. The molecule has 0 fully saturated rings. The Morgan fingerprint density at radius 3 is 1.39 bits per heavy atom. The van der Waals surface area contributed by atoms with Crippen LogP contribution >= 0.6 is 7.60 Å². The smallest absolute Gasteiger partial charge is 0.329 e. The SMILES string of the molecule is CCCCCCCCCCCCCC(=O)OC[C@H](COP(=O)(O)CCN(Cc1ccccc1)Cc1ccccc1)OC(=O)CCCCCCCCCCCCC. The van der Waals surface area contributed by atoms with Crippen LogP contribution in [0.3, 0.4) is 0 Å². The van der Waals surface area contributed by atoms with Gasteiger partial charge in [-0.25, -0.2) is 0 Å². The Hall–Kier alpha value is -2.51. The monoisotopic (exact) mass is 800 g/mol. The second kappa shape index (κ2) is 33.5. The second-order valence-electron chi connectivity index (χ2n) is 15.7. The van der Waals surface area contributed by atoms with Gasteiger partial charge in [-0.05, 0) is 24.0 Å². The van der Waals surface area contributed by atoms with Gasteiger partial charge in [0.1, 0.15) is 6.61 Å². The van der Waals surface area contributed by atoms with Crippen LogP contribution in [0.4, 0.5) is 0 Å². The molecule has 0 aliphatic carbocycles. The van der Waals surface area contributed by atoms with Crippen molar-refractivity contribution in [3.05, 3.63) is 71.8 Å². The minimum absolute atomic E-state index is 0.0925. The van der Waals surface area contributed by atoms with Crippen molar-refractivity contribution in [2.75, 3.05) is 25.9 Å². The van der Waals surface area contributed by atoms with E-state index in [0.29, 0.717) is 26.1 Å². The number of hydrogen-bond donors (Lipinski definition) is 1. The molecule has 0 aromatic heterocycles. The number of esters is 2. The Morgan fingerprint density at radius 2 is 0.964 bits per heavy atom. The van der Waals surface area contributed by atoms with E-state index in [1.54, 1.807) is 0 Å². The first-order chi connectivity index (χ1) is 27.3. The maximum absolute atomic E-state index is 13.3. The minimum atomic E-state index is -4.06. The third-order valence-electron chi connectivity index (χ3n) is 10.4. The highest BCUT2D eigenvalue weighted by Gasteiger charge is 2.26. The van der Waals surface area contributed by atoms with Crippen molar-refractivity contribution >= 4 is 19.5 Å². The lowest BCUT2D eigenvalue weighted by Gasteiger charge is -2.25. The van der Waals surface area contributed by atoms with Crippen LogP contribution in [0, 0.1) is 0 Å². The molecule has 0 spiro atoms. The van der Waals surface area contributed by atoms with Gasteiger partial charge in [0, 0.05) is 32.5 Å². The molecule has 56 heavy (non-hydrogen) atoms. The van der Waals surface area contributed by atoms with Crippen molar-refractivity contribution in [2.24, 2.45) is 0 Å². The van der Waals surface area contributed by atoms with E-state index in [2.05, 4.69) is 18.7 Å². The maximum atomic E-state index is 13.3. The third-order valence-corrected chi connectivity index (χ3v) is 11.7. The molecule has 0 saturated carbocycles. The number of unbranched alkanes of at least 4 members (excludes halogenated alkanes) is 20. The molecule has 0 saturated heterocycles. The number of nitrogens with zero attached hydrogens (tertiary/aromatic N) is 1. The van der Waals surface area contributed by atoms with E-state index in [-0.39, 0.29) is 31.8 Å². The van der Waals surface area contributed by atoms with Crippen molar-refractivity contribution in [1.82, 2.24) is 4.90 Å². The molecule has 0 amide bonds. The first-order valence-corrected chi connectivity index (χ1v) is 24.2. The van der Waals surface area contributed by atoms with Gasteiger partial charge in [-0.1, -0.05) is 203 Å². The summed E-state index contributed by atoms with van der Waals surface area (Å²) in [5.74, 6) is -0.752. The molecule has 318 valence electrons. The Labute approximate surface area is 341 Å². The molecule has 2 atom stereocenters. The van der Waals surface area contributed by atoms with E-state index in [0.717, 1.165) is 49.7 Å². The summed E-state index contributed by atoms with van der Waals surface area (Å²) in [7, 11) is -4.06. The molecule has 2 rings (SSSR count). The molecule has 1 N–H and O–H groups in total. The van der Waals surface area contributed by atoms with Crippen LogP contribution in [0.5, 0.6) is 0 Å². The standard InChI is InChI=1S/C47H78NO7P/c1-3-5-7-9-11-13-15-17-19-21-29-35-46(49)53-41-45(55-47(50)36-30-22-20-18-16-14-12-10-8-6-4-2)42-54-56(51,52)38-37-48(39-43-31-25-23-26-32-43)40-44-33-27-24-28-34-44/h23-28,31-34,45H,3-22,29-30,35-42H2,1-2H3,(H,51,52)/t45-/m1/s1. The fraction of sp³-hybridized carbons (Fsp3) is 0.702. The van der Waals surface area contributed by atoms with Crippen molar-refractivity contribution in [2.45, 2.75) is 187 Å². The summed E-state index contributed by atoms with van der Waals surface area (Å²) in [6.07, 6.45) is 25.7. The molecule has 0 radical (unpaired) electrons. The summed E-state index contributed by atoms with van der Waals surface area (Å²) < 4.78 is 30.1. The number of carbonyl (C=O) groups is 2. The van der Waals surface area contributed by atoms with Crippen molar-refractivity contribution < 1.29 is 33.0 Å². The highest BCUT2D eigenvalue weighted by Crippen LogP contribution is 2.42. The molecule has 2 aromatic carbocycles. The van der Waals surface area contributed by atoms with Gasteiger partial charge in [-0.2, -0.15) is 0 Å². The molecule has 0 aliphatic heterocycles. The van der Waals surface area contributed by atoms with Crippen molar-refractivity contribution in [1.29, 1.82) is 0 Å². The van der Waals surface area contributed by atoms with Crippen molar-refractivity contribution in [3.63, 3.8) is 0 Å². The van der Waals surface area contributed by atoms with Crippen LogP contribution in [-0.2, 0) is 41.2 Å². The van der Waals surface area contributed by atoms with Gasteiger partial charge in [0.05, 0.1) is 12.8 Å². The summed E-state index contributed by atoms with van der Waals surface area (Å²) >= 11 is 0. The lowest BCUT2D eigenvalue weighted by Crippen LogP contribution is -2.30. The average Bonchev–Trinajstić information content (AvgIpc) is 3.20. The number of carbonyl (C=O) groups excluding carboxylic acids is 2. The van der Waals surface area contributed by atoms with E-state index >= 15 is 0 Å². The van der Waals surface area contributed by atoms with E-state index in [1.807, 2.05) is 60.7 Å². The highest BCUT2D eigenvalue weighted by molar-refractivity contribution is 7.52. The fourth-order valence-corrected chi connectivity index (χ4v) is 7.98. The predicted molar refractivity (Wildman–Crippen MR) is 231 cm³/mol. The Bertz CT molecular complexity index is 1240. The molecule has 0 bridgehead atoms. The Kier molecular flexibility index (Phi) is 29.7. The molecule has 8 nitrogen and oxygen atoms in total. The number of rotatable bonds is 37. The Balaban J connectivity index is 1.82. The van der Waals surface area contributed by atoms with Crippen LogP contribution in [-0.4, -0.2) is 53.8 Å². The van der Waals surface area contributed by atoms with Gasteiger partial charge >= 0.3 is 19.5 Å². The number of benzene rings is 2. The summed E-state index contributed by atoms with van der Waals surface area (Å²) in [4.78, 5) is 38.5. The van der Waals surface area contributed by atoms with Gasteiger partial charge in [0.2, 0.25) is 0 Å². The zero-order valence-corrected chi connectivity index (χ0v) is 36.2. The van der Waals surface area contributed by atoms with Crippen LogP contribution in [0.15, 0.2) is 60.7 Å². The minimum Gasteiger partial charge on any atom is -0.462 e. The van der Waals surface area contributed by atoms with E-state index in [9.17, 15) is 19.0 Å². The summed E-state index contributed by atoms with van der Waals surface area (Å²) in [5, 5.41) is 0. The van der Waals surface area contributed by atoms with Gasteiger partial charge in [0.25, 0.3) is 0 Å². The summed E-state index contributed by atoms with van der Waals surface area (Å²) in [6, 6.07) is 20.1. The van der Waals surface area contributed by atoms with Gasteiger partial charge in [-0.15, -0.1) is 0 Å². The molecule has 0 heterocycles. The van der Waals surface area contributed by atoms with Crippen LogP contribution in [0.1, 0.15) is 179 Å². The highest BCUT2D eigenvalue weighted by atomic mass is 31.2. The Morgan fingerprint density at radius 1 is 0.571 bits per heavy atom. The molecular formula is C47H78NO7P. The predicted octanol–water partition coefficient (Wildman–Crippen LogP) is 12.7. The molecule has 1 unspecified atom stereocenters. The summed E-state index contributed by atoms with van der Waals surface area (Å²) in [6.45, 7) is 5.52. The molecular weight excluding hydrogens is 721 g/mol. The lowest BCUT2D eigenvalue weighted by molar-refractivity contribution is -0.161. The second-order valence-corrected chi connectivity index (χ2v) is 17.7. The molecule has 2 aromatic rings. The van der Waals surface area contributed by atoms with E-state index < -0.39 is 19.7 Å². The van der Waals surface area contributed by atoms with E-state index in [1.165, 1.54) is 103 Å². The normalized spacial score (nSPS) is 13.1. The van der Waals surface area contributed by atoms with Crippen LogP contribution in [0.2, 0.25) is 0 Å². The van der Waals surface area contributed by atoms with Crippen LogP contribution in [0.25, 0.3) is 0 Å². The third kappa shape index (κ3) is 28.0. The molecule has 0 aliphatic rings. The molecule has 9 heteroatoms. The van der Waals surface area contributed by atoms with Crippen LogP contribution < -0.4 is 0 Å². The first-order valence-electron chi connectivity index (χ1n) is 22.4. The zero-order valence-electron chi connectivity index (χ0n) is 35.4. The quantitative estimate of drug-likeness (QED) is 0.0409. The van der Waals surface area contributed by atoms with E-state index in [4.69, 9.17) is 14.0 Å². The average molecular weight is 800 g/mol. The van der Waals surface area contributed by atoms with Gasteiger partial charge < -0.3 is 18.9 Å². The van der Waals surface area contributed by atoms with Gasteiger partial charge in [-0.3, -0.25) is 19.1 Å². The zero-order chi connectivity index (χ0) is 40.4. The first kappa shape index (κ1) is 49.6. The topological polar surface area (TPSA) is 102 Å².